The first-order valence-electron chi connectivity index (χ1n) is 12.1. The van der Waals surface area contributed by atoms with Gasteiger partial charge in [-0.25, -0.2) is 13.6 Å². The van der Waals surface area contributed by atoms with Crippen LogP contribution < -0.4 is 10.1 Å². The normalized spacial score (nSPS) is 16.4. The highest BCUT2D eigenvalue weighted by Crippen LogP contribution is 2.49. The highest BCUT2D eigenvalue weighted by Gasteiger charge is 2.45. The molecule has 1 aliphatic heterocycles. The van der Waals surface area contributed by atoms with Gasteiger partial charge in [-0.3, -0.25) is 4.79 Å². The van der Waals surface area contributed by atoms with Gasteiger partial charge in [0.25, 0.3) is 5.91 Å². The molecule has 200 valence electrons. The van der Waals surface area contributed by atoms with E-state index in [1.165, 1.54) is 24.1 Å². The van der Waals surface area contributed by atoms with Gasteiger partial charge in [-0.05, 0) is 50.6 Å². The minimum Gasteiger partial charge on any atom is -0.480 e. The lowest BCUT2D eigenvalue weighted by Gasteiger charge is -2.34. The Hall–Kier alpha value is -3.65. The van der Waals surface area contributed by atoms with E-state index in [2.05, 4.69) is 5.32 Å². The van der Waals surface area contributed by atoms with Gasteiger partial charge in [0.2, 0.25) is 0 Å². The number of nitrogens with one attached hydrogen (secondary N) is 1. The molecule has 0 spiro atoms. The molecule has 4 rings (SSSR count). The molecule has 1 heterocycles. The zero-order chi connectivity index (χ0) is 27.8. The zero-order valence-corrected chi connectivity index (χ0v) is 22.6. The molecule has 0 bridgehead atoms. The van der Waals surface area contributed by atoms with E-state index in [1.54, 1.807) is 33.9 Å². The molecule has 1 aliphatic rings. The van der Waals surface area contributed by atoms with Crippen LogP contribution in [0, 0.1) is 11.6 Å². The second-order valence-corrected chi connectivity index (χ2v) is 10.6. The van der Waals surface area contributed by atoms with Crippen molar-refractivity contribution in [2.45, 2.75) is 38.4 Å². The van der Waals surface area contributed by atoms with Crippen LogP contribution in [0.1, 0.15) is 42.3 Å². The van der Waals surface area contributed by atoms with Gasteiger partial charge >= 0.3 is 6.09 Å². The van der Waals surface area contributed by atoms with Crippen LogP contribution in [0.25, 0.3) is 11.1 Å². The van der Waals surface area contributed by atoms with Gasteiger partial charge in [-0.15, -0.1) is 0 Å². The van der Waals surface area contributed by atoms with Crippen molar-refractivity contribution in [3.63, 3.8) is 0 Å². The molecule has 38 heavy (non-hydrogen) atoms. The summed E-state index contributed by atoms with van der Waals surface area (Å²) < 4.78 is 41.9. The molecule has 0 saturated carbocycles. The number of nitrogens with zero attached hydrogens (tertiary/aromatic N) is 1. The minimum absolute atomic E-state index is 0.0650. The fraction of sp³-hybridized carbons (Fsp3) is 0.310. The topological polar surface area (TPSA) is 67.9 Å². The molecule has 1 N–H and O–H groups in total. The van der Waals surface area contributed by atoms with Crippen molar-refractivity contribution in [2.24, 2.45) is 0 Å². The Morgan fingerprint density at radius 3 is 2.39 bits per heavy atom. The first kappa shape index (κ1) is 27.4. The van der Waals surface area contributed by atoms with E-state index < -0.39 is 34.8 Å². The predicted molar refractivity (Wildman–Crippen MR) is 142 cm³/mol. The summed E-state index contributed by atoms with van der Waals surface area (Å²) in [6.07, 6.45) is -0.373. The number of hydrogen-bond donors (Lipinski definition) is 1. The molecule has 0 aromatic heterocycles. The minimum atomic E-state index is -1.19. The number of halogens is 3. The van der Waals surface area contributed by atoms with Gasteiger partial charge in [0, 0.05) is 42.2 Å². The molecule has 0 saturated heterocycles. The Morgan fingerprint density at radius 2 is 1.76 bits per heavy atom. The summed E-state index contributed by atoms with van der Waals surface area (Å²) in [5.41, 5.74) is -0.683. The van der Waals surface area contributed by atoms with Crippen molar-refractivity contribution in [3.8, 4) is 16.9 Å². The first-order chi connectivity index (χ1) is 17.9. The molecule has 6 nitrogen and oxygen atoms in total. The molecule has 0 aliphatic carbocycles. The SMILES string of the molecule is CNC(=O)c1ccc(F)c(F)c1-c1c(Cl)ccc2c1CC(CN(C)C(=O)OC(C)(C)C)(c1ccccc1)O2. The number of rotatable bonds is 5. The van der Waals surface area contributed by atoms with Gasteiger partial charge in [0.05, 0.1) is 12.1 Å². The summed E-state index contributed by atoms with van der Waals surface area (Å²) in [5, 5.41) is 2.59. The zero-order valence-electron chi connectivity index (χ0n) is 21.8. The van der Waals surface area contributed by atoms with Gasteiger partial charge in [0.15, 0.2) is 17.2 Å². The summed E-state index contributed by atoms with van der Waals surface area (Å²) in [7, 11) is 3.01. The first-order valence-corrected chi connectivity index (χ1v) is 12.4. The summed E-state index contributed by atoms with van der Waals surface area (Å²) in [4.78, 5) is 26.9. The highest BCUT2D eigenvalue weighted by atomic mass is 35.5. The number of ether oxygens (including phenoxy) is 2. The number of likely N-dealkylation sites (N-methyl/N-ethyl adjacent to an activating group) is 1. The third-order valence-electron chi connectivity index (χ3n) is 6.30. The molecule has 0 radical (unpaired) electrons. The van der Waals surface area contributed by atoms with E-state index in [0.29, 0.717) is 11.3 Å². The number of amides is 2. The van der Waals surface area contributed by atoms with Crippen molar-refractivity contribution >= 4 is 23.6 Å². The molecule has 0 fully saturated rings. The molecule has 3 aromatic rings. The van der Waals surface area contributed by atoms with Crippen LogP contribution >= 0.6 is 11.6 Å². The van der Waals surface area contributed by atoms with Crippen molar-refractivity contribution in [1.29, 1.82) is 0 Å². The lowest BCUT2D eigenvalue weighted by atomic mass is 9.85. The van der Waals surface area contributed by atoms with E-state index in [1.807, 2.05) is 30.3 Å². The maximum atomic E-state index is 15.4. The molecule has 1 atom stereocenters. The molecular formula is C29H29ClF2N2O4. The fourth-order valence-corrected chi connectivity index (χ4v) is 4.93. The maximum Gasteiger partial charge on any atom is 0.410 e. The van der Waals surface area contributed by atoms with E-state index in [4.69, 9.17) is 21.1 Å². The maximum absolute atomic E-state index is 15.4. The van der Waals surface area contributed by atoms with Crippen LogP contribution in [-0.2, 0) is 16.8 Å². The van der Waals surface area contributed by atoms with Gasteiger partial charge in [-0.2, -0.15) is 0 Å². The van der Waals surface area contributed by atoms with E-state index in [9.17, 15) is 14.0 Å². The molecule has 9 heteroatoms. The lowest BCUT2D eigenvalue weighted by Crippen LogP contribution is -2.46. The summed E-state index contributed by atoms with van der Waals surface area (Å²) in [6, 6.07) is 14.6. The molecular weight excluding hydrogens is 514 g/mol. The molecule has 3 aromatic carbocycles. The summed E-state index contributed by atoms with van der Waals surface area (Å²) in [5.74, 6) is -2.51. The Kier molecular flexibility index (Phi) is 7.39. The summed E-state index contributed by atoms with van der Waals surface area (Å²) >= 11 is 6.59. The van der Waals surface area contributed by atoms with Crippen molar-refractivity contribution in [1.82, 2.24) is 10.2 Å². The number of hydrogen-bond acceptors (Lipinski definition) is 4. The van der Waals surface area contributed by atoms with Crippen LogP contribution in [0.15, 0.2) is 54.6 Å². The lowest BCUT2D eigenvalue weighted by molar-refractivity contribution is 0.00582. The van der Waals surface area contributed by atoms with Crippen LogP contribution in [0.4, 0.5) is 13.6 Å². The van der Waals surface area contributed by atoms with Crippen LogP contribution in [-0.4, -0.2) is 43.1 Å². The van der Waals surface area contributed by atoms with Crippen LogP contribution in [0.5, 0.6) is 5.75 Å². The number of carbonyl (C=O) groups excluding carboxylic acids is 2. The average molecular weight is 543 g/mol. The quantitative estimate of drug-likeness (QED) is 0.408. The monoisotopic (exact) mass is 542 g/mol. The molecule has 2 amide bonds. The number of benzene rings is 3. The number of fused-ring (bicyclic) bond motifs is 1. The van der Waals surface area contributed by atoms with E-state index >= 15 is 4.39 Å². The van der Waals surface area contributed by atoms with Crippen molar-refractivity contribution in [2.75, 3.05) is 20.6 Å². The predicted octanol–water partition coefficient (Wildman–Crippen LogP) is 6.34. The fourth-order valence-electron chi connectivity index (χ4n) is 4.66. The van der Waals surface area contributed by atoms with E-state index in [0.717, 1.165) is 11.6 Å². The van der Waals surface area contributed by atoms with Crippen molar-refractivity contribution in [3.05, 3.63) is 87.9 Å². The number of carbonyl (C=O) groups is 2. The second-order valence-electron chi connectivity index (χ2n) is 10.2. The largest absolute Gasteiger partial charge is 0.480 e. The smallest absolute Gasteiger partial charge is 0.410 e. The van der Waals surface area contributed by atoms with Crippen LogP contribution in [0.2, 0.25) is 5.02 Å². The van der Waals surface area contributed by atoms with Gasteiger partial charge in [-0.1, -0.05) is 41.9 Å². The third-order valence-corrected chi connectivity index (χ3v) is 6.62. The Balaban J connectivity index is 1.87. The standard InChI is InChI=1S/C29H29ClF2N2O4/c1-28(2,3)38-27(36)34(5)16-29(17-9-7-6-8-10-17)15-19-22(37-29)14-12-20(30)23(19)24-18(26(35)33-4)11-13-21(31)25(24)32/h6-14H,15-16H2,1-5H3,(H,33,35). The van der Waals surface area contributed by atoms with E-state index in [-0.39, 0.29) is 34.7 Å². The van der Waals surface area contributed by atoms with Crippen LogP contribution in [0.3, 0.4) is 0 Å². The highest BCUT2D eigenvalue weighted by molar-refractivity contribution is 6.34. The summed E-state index contributed by atoms with van der Waals surface area (Å²) in [6.45, 7) is 5.42. The Bertz CT molecular complexity index is 1390. The second kappa shape index (κ2) is 10.3. The third kappa shape index (κ3) is 5.18. The average Bonchev–Trinajstić information content (AvgIpc) is 3.24. The molecule has 1 unspecified atom stereocenters. The van der Waals surface area contributed by atoms with Gasteiger partial charge < -0.3 is 19.7 Å². The Morgan fingerprint density at radius 1 is 1.08 bits per heavy atom. The van der Waals surface area contributed by atoms with Crippen molar-refractivity contribution < 1.29 is 27.8 Å². The Labute approximate surface area is 225 Å². The van der Waals surface area contributed by atoms with Gasteiger partial charge in [0.1, 0.15) is 11.4 Å².